The molecule has 0 spiro atoms. The van der Waals surface area contributed by atoms with E-state index in [1.54, 1.807) is 12.5 Å². The molecule has 0 saturated carbocycles. The van der Waals surface area contributed by atoms with Crippen LogP contribution in [0.1, 0.15) is 32.6 Å². The zero-order valence-corrected chi connectivity index (χ0v) is 23.7. The van der Waals surface area contributed by atoms with Crippen LogP contribution in [0, 0.1) is 5.92 Å². The lowest BCUT2D eigenvalue weighted by Gasteiger charge is -2.36. The minimum Gasteiger partial charge on any atom is -0.351 e. The predicted octanol–water partition coefficient (Wildman–Crippen LogP) is 4.96. The first-order chi connectivity index (χ1) is 20.5. The number of amides is 4. The van der Waals surface area contributed by atoms with E-state index in [1.807, 2.05) is 73.9 Å². The monoisotopic (exact) mass is 565 g/mol. The number of hydrogen-bond donors (Lipinski definition) is 2. The Balaban J connectivity index is 1.03. The molecule has 3 aliphatic rings. The summed E-state index contributed by atoms with van der Waals surface area (Å²) in [6.07, 6.45) is 7.64. The van der Waals surface area contributed by atoms with Crippen LogP contribution in [0.4, 0.5) is 26.9 Å². The normalized spacial score (nSPS) is 21.1. The molecule has 0 aliphatic carbocycles. The molecule has 4 aromatic rings. The molecule has 3 saturated heterocycles. The number of fused-ring (bicyclic) bond motifs is 2. The fraction of sp³-hybridized carbons (Fsp3) is 0.387. The van der Waals surface area contributed by atoms with Gasteiger partial charge in [-0.15, -0.1) is 0 Å². The summed E-state index contributed by atoms with van der Waals surface area (Å²) < 4.78 is 1.94. The largest absolute Gasteiger partial charge is 0.351 e. The van der Waals surface area contributed by atoms with Crippen LogP contribution in [0.25, 0.3) is 16.9 Å². The van der Waals surface area contributed by atoms with Gasteiger partial charge in [0.1, 0.15) is 12.1 Å². The lowest BCUT2D eigenvalue weighted by molar-refractivity contribution is 0.172. The number of para-hydroxylation sites is 1. The Morgan fingerprint density at radius 1 is 1.00 bits per heavy atom. The third-order valence-electron chi connectivity index (χ3n) is 8.81. The van der Waals surface area contributed by atoms with Crippen molar-refractivity contribution in [3.63, 3.8) is 0 Å². The van der Waals surface area contributed by atoms with Gasteiger partial charge in [-0.1, -0.05) is 18.2 Å². The molecule has 2 aromatic carbocycles. The highest BCUT2D eigenvalue weighted by Crippen LogP contribution is 2.32. The molecule has 3 fully saturated rings. The highest BCUT2D eigenvalue weighted by molar-refractivity contribution is 5.97. The maximum absolute atomic E-state index is 12.9. The number of likely N-dealkylation sites (tertiary alicyclic amines) is 1. The summed E-state index contributed by atoms with van der Waals surface area (Å²) in [7, 11) is 0. The van der Waals surface area contributed by atoms with Gasteiger partial charge < -0.3 is 20.4 Å². The Morgan fingerprint density at radius 2 is 1.86 bits per heavy atom. The minimum atomic E-state index is -0.0686. The highest BCUT2D eigenvalue weighted by Gasteiger charge is 2.40. The second-order valence-corrected chi connectivity index (χ2v) is 11.5. The summed E-state index contributed by atoms with van der Waals surface area (Å²) in [6, 6.07) is 17.8. The first-order valence-corrected chi connectivity index (χ1v) is 14.8. The number of benzene rings is 2. The summed E-state index contributed by atoms with van der Waals surface area (Å²) in [5, 5.41) is 6.48. The van der Waals surface area contributed by atoms with Crippen LogP contribution < -0.4 is 15.5 Å². The molecule has 0 bridgehead atoms. The molecule has 5 heterocycles. The summed E-state index contributed by atoms with van der Waals surface area (Å²) in [5.74, 6) is 1.51. The zero-order valence-electron chi connectivity index (χ0n) is 23.7. The summed E-state index contributed by atoms with van der Waals surface area (Å²) in [6.45, 7) is 5.12. The number of urea groups is 2. The van der Waals surface area contributed by atoms with Gasteiger partial charge in [0, 0.05) is 49.8 Å². The predicted molar refractivity (Wildman–Crippen MR) is 162 cm³/mol. The van der Waals surface area contributed by atoms with Gasteiger partial charge >= 0.3 is 12.1 Å². The van der Waals surface area contributed by atoms with Crippen molar-refractivity contribution in [3.05, 3.63) is 67.1 Å². The van der Waals surface area contributed by atoms with Crippen LogP contribution in [0.3, 0.4) is 0 Å². The van der Waals surface area contributed by atoms with E-state index in [4.69, 9.17) is 4.98 Å². The van der Waals surface area contributed by atoms with Crippen molar-refractivity contribution >= 4 is 40.4 Å². The molecule has 7 rings (SSSR count). The van der Waals surface area contributed by atoms with Crippen molar-refractivity contribution in [1.29, 1.82) is 0 Å². The van der Waals surface area contributed by atoms with Gasteiger partial charge in [0.25, 0.3) is 0 Å². The molecule has 0 radical (unpaired) electrons. The first kappa shape index (κ1) is 26.2. The van der Waals surface area contributed by atoms with Crippen molar-refractivity contribution in [2.45, 2.75) is 44.7 Å². The smallest absolute Gasteiger partial charge is 0.324 e. The van der Waals surface area contributed by atoms with Crippen LogP contribution >= 0.6 is 0 Å². The van der Waals surface area contributed by atoms with Crippen molar-refractivity contribution in [1.82, 2.24) is 29.3 Å². The highest BCUT2D eigenvalue weighted by atomic mass is 16.2. The van der Waals surface area contributed by atoms with Crippen molar-refractivity contribution in [2.24, 2.45) is 5.92 Å². The van der Waals surface area contributed by atoms with E-state index in [0.717, 1.165) is 67.7 Å². The van der Waals surface area contributed by atoms with E-state index in [2.05, 4.69) is 27.5 Å². The SMILES string of the molecule is CC(Nc1nccc(-n2cnc3cc(N4CC5CCCN5C4=O)ccc32)n1)C1CCCN(C(=O)Nc2ccccc2)C1. The molecule has 11 nitrogen and oxygen atoms in total. The first-order valence-electron chi connectivity index (χ1n) is 14.8. The van der Waals surface area contributed by atoms with Gasteiger partial charge in [-0.25, -0.2) is 19.6 Å². The molecular weight excluding hydrogens is 530 g/mol. The quantitative estimate of drug-likeness (QED) is 0.342. The number of carbonyl (C=O) groups excluding carboxylic acids is 2. The molecular formula is C31H35N9O2. The van der Waals surface area contributed by atoms with E-state index in [9.17, 15) is 9.59 Å². The number of carbonyl (C=O) groups is 2. The number of nitrogens with one attached hydrogen (secondary N) is 2. The molecule has 3 atom stereocenters. The standard InChI is InChI=1S/C31H35N9O2/c1-21(22-7-5-15-37(18-22)30(41)35-23-8-3-2-4-9-23)34-29-32-14-13-28(36-29)40-20-33-26-17-24(11-12-27(26)40)39-19-25-10-6-16-38(25)31(39)42/h2-4,8-9,11-14,17,20-22,25H,5-7,10,15-16,18-19H2,1H3,(H,35,41)(H,32,34,36). The van der Waals surface area contributed by atoms with E-state index < -0.39 is 0 Å². The van der Waals surface area contributed by atoms with Crippen LogP contribution in [0.15, 0.2) is 67.1 Å². The van der Waals surface area contributed by atoms with E-state index in [1.165, 1.54) is 0 Å². The fourth-order valence-corrected chi connectivity index (χ4v) is 6.49. The average molecular weight is 566 g/mol. The van der Waals surface area contributed by atoms with Gasteiger partial charge in [-0.3, -0.25) is 9.47 Å². The lowest BCUT2D eigenvalue weighted by Crippen LogP contribution is -2.46. The van der Waals surface area contributed by atoms with Crippen LogP contribution in [-0.2, 0) is 0 Å². The topological polar surface area (TPSA) is 112 Å². The fourth-order valence-electron chi connectivity index (χ4n) is 6.49. The molecule has 4 amide bonds. The molecule has 3 unspecified atom stereocenters. The van der Waals surface area contributed by atoms with Crippen LogP contribution in [0.2, 0.25) is 0 Å². The summed E-state index contributed by atoms with van der Waals surface area (Å²) in [4.78, 5) is 45.4. The molecule has 11 heteroatoms. The molecule has 216 valence electrons. The third-order valence-corrected chi connectivity index (χ3v) is 8.81. The second-order valence-electron chi connectivity index (χ2n) is 11.5. The minimum absolute atomic E-state index is 0.0686. The van der Waals surface area contributed by atoms with Gasteiger partial charge in [0.05, 0.1) is 17.1 Å². The van der Waals surface area contributed by atoms with Gasteiger partial charge in [0.15, 0.2) is 0 Å². The third kappa shape index (κ3) is 4.99. The van der Waals surface area contributed by atoms with Gasteiger partial charge in [-0.2, -0.15) is 4.98 Å². The van der Waals surface area contributed by atoms with Crippen molar-refractivity contribution < 1.29 is 9.59 Å². The van der Waals surface area contributed by atoms with E-state index >= 15 is 0 Å². The number of piperidine rings is 1. The molecule has 3 aliphatic heterocycles. The van der Waals surface area contributed by atoms with Gasteiger partial charge in [-0.05, 0) is 74.9 Å². The molecule has 2 N–H and O–H groups in total. The maximum atomic E-state index is 12.9. The average Bonchev–Trinajstić information content (AvgIpc) is 3.74. The van der Waals surface area contributed by atoms with Crippen molar-refractivity contribution in [2.75, 3.05) is 41.7 Å². The Kier molecular flexibility index (Phi) is 6.85. The Morgan fingerprint density at radius 3 is 2.71 bits per heavy atom. The van der Waals surface area contributed by atoms with E-state index in [0.29, 0.717) is 24.4 Å². The van der Waals surface area contributed by atoms with Gasteiger partial charge in [0.2, 0.25) is 5.95 Å². The Labute approximate surface area is 244 Å². The number of rotatable bonds is 6. The summed E-state index contributed by atoms with van der Waals surface area (Å²) >= 11 is 0. The zero-order chi connectivity index (χ0) is 28.6. The molecule has 2 aromatic heterocycles. The number of hydrogen-bond acceptors (Lipinski definition) is 6. The molecule has 42 heavy (non-hydrogen) atoms. The lowest BCUT2D eigenvalue weighted by atomic mass is 9.92. The maximum Gasteiger partial charge on any atom is 0.324 e. The summed E-state index contributed by atoms with van der Waals surface area (Å²) in [5.41, 5.74) is 3.40. The number of anilines is 3. The number of nitrogens with zero attached hydrogens (tertiary/aromatic N) is 7. The number of aromatic nitrogens is 4. The Bertz CT molecular complexity index is 1610. The Hall–Kier alpha value is -4.67. The van der Waals surface area contributed by atoms with Crippen LogP contribution in [-0.4, -0.2) is 79.6 Å². The number of imidazole rings is 1. The van der Waals surface area contributed by atoms with E-state index in [-0.39, 0.29) is 24.0 Å². The second kappa shape index (κ2) is 11.0. The van der Waals surface area contributed by atoms with Crippen LogP contribution in [0.5, 0.6) is 0 Å². The van der Waals surface area contributed by atoms with Crippen molar-refractivity contribution in [3.8, 4) is 5.82 Å².